The number of fused-ring (bicyclic) bond motifs is 1. The van der Waals surface area contributed by atoms with Gasteiger partial charge in [0.15, 0.2) is 11.7 Å². The lowest BCUT2D eigenvalue weighted by atomic mass is 10.1. The molecule has 0 unspecified atom stereocenters. The Morgan fingerprint density at radius 2 is 2.17 bits per heavy atom. The van der Waals surface area contributed by atoms with Crippen LogP contribution in [-0.2, 0) is 6.42 Å². The summed E-state index contributed by atoms with van der Waals surface area (Å²) in [6.45, 7) is 2.17. The van der Waals surface area contributed by atoms with Crippen molar-refractivity contribution in [2.24, 2.45) is 0 Å². The first kappa shape index (κ1) is 11.1. The van der Waals surface area contributed by atoms with Crippen LogP contribution >= 0.6 is 0 Å². The van der Waals surface area contributed by atoms with E-state index in [2.05, 4.69) is 29.0 Å². The van der Waals surface area contributed by atoms with Crippen molar-refractivity contribution >= 4 is 10.9 Å². The molecule has 0 radical (unpaired) electrons. The molecule has 3 rings (SSSR count). The highest BCUT2D eigenvalue weighted by Gasteiger charge is 2.10. The van der Waals surface area contributed by atoms with E-state index in [-0.39, 0.29) is 0 Å². The van der Waals surface area contributed by atoms with Crippen LogP contribution in [0.3, 0.4) is 0 Å². The van der Waals surface area contributed by atoms with Crippen LogP contribution in [0.1, 0.15) is 25.7 Å². The van der Waals surface area contributed by atoms with Crippen LogP contribution in [-0.4, -0.2) is 9.97 Å². The number of oxazole rings is 1. The molecule has 0 atom stereocenters. The zero-order valence-electron chi connectivity index (χ0n) is 10.4. The van der Waals surface area contributed by atoms with Crippen LogP contribution in [0.25, 0.3) is 22.2 Å². The van der Waals surface area contributed by atoms with Crippen LogP contribution < -0.4 is 0 Å². The van der Waals surface area contributed by atoms with Gasteiger partial charge in [0, 0.05) is 29.1 Å². The van der Waals surface area contributed by atoms with E-state index in [0.29, 0.717) is 0 Å². The Hall–Kier alpha value is -2.03. The molecule has 0 aliphatic carbocycles. The number of aromatic nitrogens is 2. The highest BCUT2D eigenvalue weighted by atomic mass is 16.4. The molecular formula is C15H16N2O. The second-order valence-corrected chi connectivity index (χ2v) is 4.47. The third-order valence-corrected chi connectivity index (χ3v) is 3.15. The summed E-state index contributed by atoms with van der Waals surface area (Å²) >= 11 is 0. The van der Waals surface area contributed by atoms with Crippen molar-refractivity contribution in [3.63, 3.8) is 0 Å². The Balaban J connectivity index is 1.96. The third kappa shape index (κ3) is 1.92. The average Bonchev–Trinajstić information content (AvgIpc) is 3.02. The minimum absolute atomic E-state index is 0.831. The smallest absolute Gasteiger partial charge is 0.194 e. The van der Waals surface area contributed by atoms with E-state index in [1.54, 1.807) is 0 Å². The van der Waals surface area contributed by atoms with Gasteiger partial charge in [0.25, 0.3) is 0 Å². The molecule has 0 aliphatic rings. The molecule has 3 heteroatoms. The molecule has 92 valence electrons. The maximum absolute atomic E-state index is 5.81. The monoisotopic (exact) mass is 240 g/mol. The van der Waals surface area contributed by atoms with Crippen LogP contribution in [0.15, 0.2) is 41.1 Å². The number of para-hydroxylation sites is 1. The summed E-state index contributed by atoms with van der Waals surface area (Å²) in [5, 5.41) is 1.18. The van der Waals surface area contributed by atoms with E-state index in [0.717, 1.165) is 42.0 Å². The predicted molar refractivity (Wildman–Crippen MR) is 72.4 cm³/mol. The number of aryl methyl sites for hydroxylation is 1. The number of hydrogen-bond donors (Lipinski definition) is 1. The normalized spacial score (nSPS) is 11.2. The van der Waals surface area contributed by atoms with Crippen molar-refractivity contribution < 1.29 is 4.42 Å². The molecule has 1 aromatic carbocycles. The summed E-state index contributed by atoms with van der Waals surface area (Å²) in [6.07, 6.45) is 6.99. The van der Waals surface area contributed by atoms with Gasteiger partial charge in [-0.15, -0.1) is 0 Å². The van der Waals surface area contributed by atoms with Crippen molar-refractivity contribution in [3.05, 3.63) is 42.5 Å². The van der Waals surface area contributed by atoms with Gasteiger partial charge >= 0.3 is 0 Å². The van der Waals surface area contributed by atoms with Gasteiger partial charge in [0.1, 0.15) is 0 Å². The summed E-state index contributed by atoms with van der Waals surface area (Å²) in [6, 6.07) is 8.21. The molecular weight excluding hydrogens is 224 g/mol. The maximum atomic E-state index is 5.81. The van der Waals surface area contributed by atoms with Crippen LogP contribution in [0.5, 0.6) is 0 Å². The zero-order valence-corrected chi connectivity index (χ0v) is 10.4. The number of H-pyrrole nitrogens is 1. The molecule has 0 saturated heterocycles. The minimum atomic E-state index is 0.831. The summed E-state index contributed by atoms with van der Waals surface area (Å²) in [5.74, 6) is 1.68. The largest absolute Gasteiger partial charge is 0.441 e. The number of rotatable bonds is 4. The second kappa shape index (κ2) is 4.69. The number of nitrogens with zero attached hydrogens (tertiary/aromatic N) is 1. The van der Waals surface area contributed by atoms with Crippen molar-refractivity contribution in [1.82, 2.24) is 9.97 Å². The highest BCUT2D eigenvalue weighted by Crippen LogP contribution is 2.29. The molecule has 3 nitrogen and oxygen atoms in total. The van der Waals surface area contributed by atoms with Gasteiger partial charge in [0.05, 0.1) is 6.20 Å². The third-order valence-electron chi connectivity index (χ3n) is 3.15. The quantitative estimate of drug-likeness (QED) is 0.743. The van der Waals surface area contributed by atoms with Crippen molar-refractivity contribution in [1.29, 1.82) is 0 Å². The molecule has 0 fully saturated rings. The fourth-order valence-electron chi connectivity index (χ4n) is 2.15. The van der Waals surface area contributed by atoms with E-state index in [1.807, 2.05) is 24.5 Å². The van der Waals surface area contributed by atoms with Crippen LogP contribution in [0.4, 0.5) is 0 Å². The Morgan fingerprint density at radius 1 is 1.28 bits per heavy atom. The molecule has 0 aliphatic heterocycles. The van der Waals surface area contributed by atoms with Crippen LogP contribution in [0, 0.1) is 0 Å². The van der Waals surface area contributed by atoms with E-state index in [9.17, 15) is 0 Å². The lowest BCUT2D eigenvalue weighted by Gasteiger charge is -1.94. The number of unbranched alkanes of at least 4 members (excludes halogenated alkanes) is 1. The van der Waals surface area contributed by atoms with Gasteiger partial charge in [-0.3, -0.25) is 0 Å². The summed E-state index contributed by atoms with van der Waals surface area (Å²) in [4.78, 5) is 7.59. The molecule has 18 heavy (non-hydrogen) atoms. The molecule has 3 aromatic rings. The highest BCUT2D eigenvalue weighted by molar-refractivity contribution is 5.93. The van der Waals surface area contributed by atoms with E-state index in [1.165, 1.54) is 5.39 Å². The van der Waals surface area contributed by atoms with Crippen molar-refractivity contribution in [2.45, 2.75) is 26.2 Å². The van der Waals surface area contributed by atoms with Gasteiger partial charge < -0.3 is 9.40 Å². The predicted octanol–water partition coefficient (Wildman–Crippen LogP) is 4.17. The summed E-state index contributed by atoms with van der Waals surface area (Å²) in [5.41, 5.74) is 2.21. The SMILES string of the molecule is CCCCc1ncc(-c2c[nH]c3ccccc23)o1. The number of hydrogen-bond acceptors (Lipinski definition) is 2. The van der Waals surface area contributed by atoms with E-state index >= 15 is 0 Å². The Morgan fingerprint density at radius 3 is 3.06 bits per heavy atom. The number of benzene rings is 1. The van der Waals surface area contributed by atoms with Gasteiger partial charge in [-0.05, 0) is 12.5 Å². The molecule has 0 saturated carbocycles. The van der Waals surface area contributed by atoms with Gasteiger partial charge in [-0.2, -0.15) is 0 Å². The fraction of sp³-hybridized carbons (Fsp3) is 0.267. The number of nitrogens with one attached hydrogen (secondary N) is 1. The molecule has 0 amide bonds. The first-order chi connectivity index (χ1) is 8.88. The molecule has 1 N–H and O–H groups in total. The average molecular weight is 240 g/mol. The van der Waals surface area contributed by atoms with Gasteiger partial charge in [-0.1, -0.05) is 31.5 Å². The Bertz CT molecular complexity index is 651. The fourth-order valence-corrected chi connectivity index (χ4v) is 2.15. The van der Waals surface area contributed by atoms with Gasteiger partial charge in [0.2, 0.25) is 0 Å². The second-order valence-electron chi connectivity index (χ2n) is 4.47. The Kier molecular flexibility index (Phi) is 2.89. The van der Waals surface area contributed by atoms with E-state index in [4.69, 9.17) is 4.42 Å². The zero-order chi connectivity index (χ0) is 12.4. The van der Waals surface area contributed by atoms with Crippen molar-refractivity contribution in [3.8, 4) is 11.3 Å². The van der Waals surface area contributed by atoms with E-state index < -0.39 is 0 Å². The van der Waals surface area contributed by atoms with Crippen molar-refractivity contribution in [2.75, 3.05) is 0 Å². The lowest BCUT2D eigenvalue weighted by Crippen LogP contribution is -1.82. The minimum Gasteiger partial charge on any atom is -0.441 e. The molecule has 2 aromatic heterocycles. The molecule has 0 bridgehead atoms. The summed E-state index contributed by atoms with van der Waals surface area (Å²) in [7, 11) is 0. The van der Waals surface area contributed by atoms with Crippen LogP contribution in [0.2, 0.25) is 0 Å². The van der Waals surface area contributed by atoms with Gasteiger partial charge in [-0.25, -0.2) is 4.98 Å². The maximum Gasteiger partial charge on any atom is 0.194 e. The number of aromatic amines is 1. The summed E-state index contributed by atoms with van der Waals surface area (Å²) < 4.78 is 5.81. The Labute approximate surface area is 106 Å². The lowest BCUT2D eigenvalue weighted by molar-refractivity contribution is 0.497. The molecule has 2 heterocycles. The topological polar surface area (TPSA) is 41.8 Å². The molecule has 0 spiro atoms. The first-order valence-corrected chi connectivity index (χ1v) is 6.39. The standard InChI is InChI=1S/C15H16N2O/c1-2-3-8-15-17-10-14(18-15)12-9-16-13-7-5-4-6-11(12)13/h4-7,9-10,16H,2-3,8H2,1H3. The first-order valence-electron chi connectivity index (χ1n) is 6.39.